The second-order valence-electron chi connectivity index (χ2n) is 14.7. The Morgan fingerprint density at radius 1 is 0.491 bits per heavy atom. The summed E-state index contributed by atoms with van der Waals surface area (Å²) in [6, 6.07) is 68.2. The van der Waals surface area contributed by atoms with Crippen molar-refractivity contribution in [2.45, 2.75) is 30.7 Å². The summed E-state index contributed by atoms with van der Waals surface area (Å²) in [7, 11) is 0. The fourth-order valence-electron chi connectivity index (χ4n) is 9.02. The molecule has 1 aliphatic heterocycles. The zero-order valence-electron chi connectivity index (χ0n) is 30.6. The summed E-state index contributed by atoms with van der Waals surface area (Å²) in [6.45, 7) is 0. The van der Waals surface area contributed by atoms with E-state index in [1.165, 1.54) is 55.7 Å². The first-order valence-electron chi connectivity index (χ1n) is 19.4. The van der Waals surface area contributed by atoms with Crippen LogP contribution in [0.2, 0.25) is 0 Å². The van der Waals surface area contributed by atoms with Crippen molar-refractivity contribution in [2.24, 2.45) is 9.98 Å². The van der Waals surface area contributed by atoms with Gasteiger partial charge < -0.3 is 0 Å². The predicted octanol–water partition coefficient (Wildman–Crippen LogP) is 12.9. The summed E-state index contributed by atoms with van der Waals surface area (Å²) in [4.78, 5) is 10.4. The highest BCUT2D eigenvalue weighted by Gasteiger charge is 2.47. The van der Waals surface area contributed by atoms with Gasteiger partial charge in [0, 0.05) is 12.0 Å². The van der Waals surface area contributed by atoms with Crippen molar-refractivity contribution >= 4 is 17.1 Å². The Hall–Kier alpha value is -6.64. The Morgan fingerprint density at radius 3 is 1.69 bits per heavy atom. The highest BCUT2D eigenvalue weighted by Crippen LogP contribution is 2.57. The van der Waals surface area contributed by atoms with Crippen LogP contribution in [0.5, 0.6) is 0 Å². The molecule has 3 aliphatic rings. The van der Waals surface area contributed by atoms with Gasteiger partial charge in [0.1, 0.15) is 0 Å². The highest BCUT2D eigenvalue weighted by atomic mass is 15.0. The maximum atomic E-state index is 5.25. The molecule has 1 unspecified atom stereocenters. The maximum absolute atomic E-state index is 5.25. The first-order valence-corrected chi connectivity index (χ1v) is 19.4. The van der Waals surface area contributed by atoms with Gasteiger partial charge in [-0.2, -0.15) is 0 Å². The van der Waals surface area contributed by atoms with Gasteiger partial charge >= 0.3 is 0 Å². The van der Waals surface area contributed by atoms with Gasteiger partial charge in [0.2, 0.25) is 0 Å². The Kier molecular flexibility index (Phi) is 8.37. The smallest absolute Gasteiger partial charge is 0.155 e. The Balaban J connectivity index is 1.06. The second kappa shape index (κ2) is 14.0. The number of fused-ring (bicyclic) bond motifs is 2. The molecular weight excluding hydrogens is 665 g/mol. The van der Waals surface area contributed by atoms with Crippen molar-refractivity contribution < 1.29 is 0 Å². The molecule has 2 heteroatoms. The van der Waals surface area contributed by atoms with E-state index in [4.69, 9.17) is 9.98 Å². The van der Waals surface area contributed by atoms with Gasteiger partial charge in [-0.25, -0.2) is 4.99 Å². The van der Waals surface area contributed by atoms with Gasteiger partial charge in [0.25, 0.3) is 0 Å². The molecule has 7 aromatic carbocycles. The lowest BCUT2D eigenvalue weighted by Gasteiger charge is -2.35. The molecule has 1 heterocycles. The van der Waals surface area contributed by atoms with E-state index in [0.717, 1.165) is 47.5 Å². The van der Waals surface area contributed by atoms with E-state index in [0.29, 0.717) is 0 Å². The summed E-state index contributed by atoms with van der Waals surface area (Å²) < 4.78 is 0. The molecule has 0 bridgehead atoms. The molecule has 262 valence electrons. The van der Waals surface area contributed by atoms with E-state index >= 15 is 0 Å². The van der Waals surface area contributed by atoms with Crippen molar-refractivity contribution in [1.29, 1.82) is 0 Å². The monoisotopic (exact) mass is 704 g/mol. The number of nitrogens with zero attached hydrogens (tertiary/aromatic N) is 2. The van der Waals surface area contributed by atoms with Crippen molar-refractivity contribution in [3.05, 3.63) is 245 Å². The molecule has 0 fully saturated rings. The van der Waals surface area contributed by atoms with E-state index in [2.05, 4.69) is 200 Å². The van der Waals surface area contributed by atoms with Gasteiger partial charge in [-0.1, -0.05) is 182 Å². The van der Waals surface area contributed by atoms with Crippen LogP contribution in [0, 0.1) is 0 Å². The minimum Gasteiger partial charge on any atom is -0.258 e. The Bertz CT molecular complexity index is 2610. The van der Waals surface area contributed by atoms with Crippen LogP contribution in [-0.4, -0.2) is 11.5 Å². The van der Waals surface area contributed by atoms with Crippen LogP contribution in [0.1, 0.15) is 64.2 Å². The molecule has 0 saturated carbocycles. The second-order valence-corrected chi connectivity index (χ2v) is 14.7. The van der Waals surface area contributed by atoms with Gasteiger partial charge in [0.15, 0.2) is 5.84 Å². The van der Waals surface area contributed by atoms with Crippen LogP contribution >= 0.6 is 0 Å². The molecule has 0 saturated heterocycles. The molecule has 1 atom stereocenters. The lowest BCUT2D eigenvalue weighted by molar-refractivity contribution is 0.753. The number of hydrogen-bond donors (Lipinski definition) is 0. The summed E-state index contributed by atoms with van der Waals surface area (Å²) >= 11 is 0. The standard InChI is InChI=1S/C53H40N2/c1-5-17-37(18-6-1)50-36-51(38-19-7-2-8-20-38)55-52(54-50)43-24-16-23-41(34-43)39-21-15-22-40(33-39)42-31-32-47-46-29-13-14-30-48(46)53(49(47)35-42,44-25-9-3-10-26-44)45-27-11-4-12-28-45/h1-12,14-28,30-35,50H,13,29,36H2. The Morgan fingerprint density at radius 2 is 1.04 bits per heavy atom. The zero-order chi connectivity index (χ0) is 36.6. The number of allylic oxidation sites excluding steroid dienone is 4. The third-order valence-electron chi connectivity index (χ3n) is 11.6. The summed E-state index contributed by atoms with van der Waals surface area (Å²) in [5, 5.41) is 0. The maximum Gasteiger partial charge on any atom is 0.155 e. The molecule has 10 rings (SSSR count). The van der Waals surface area contributed by atoms with Crippen LogP contribution in [0.3, 0.4) is 0 Å². The van der Waals surface area contributed by atoms with Crippen LogP contribution in [-0.2, 0) is 5.41 Å². The fourth-order valence-corrected chi connectivity index (χ4v) is 9.02. The summed E-state index contributed by atoms with van der Waals surface area (Å²) in [6.07, 6.45) is 7.65. The average molecular weight is 705 g/mol. The van der Waals surface area contributed by atoms with Crippen molar-refractivity contribution in [3.8, 4) is 22.3 Å². The van der Waals surface area contributed by atoms with E-state index in [-0.39, 0.29) is 11.5 Å². The van der Waals surface area contributed by atoms with Crippen molar-refractivity contribution in [2.75, 3.05) is 0 Å². The third kappa shape index (κ3) is 5.82. The number of rotatable bonds is 7. The van der Waals surface area contributed by atoms with Crippen LogP contribution in [0.4, 0.5) is 0 Å². The molecule has 0 aromatic heterocycles. The van der Waals surface area contributed by atoms with Crippen LogP contribution in [0.25, 0.3) is 27.8 Å². The average Bonchev–Trinajstić information content (AvgIpc) is 3.58. The number of benzene rings is 7. The lowest BCUT2D eigenvalue weighted by Crippen LogP contribution is -2.29. The molecule has 0 spiro atoms. The molecule has 0 radical (unpaired) electrons. The lowest BCUT2D eigenvalue weighted by atomic mass is 9.66. The first-order chi connectivity index (χ1) is 27.3. The summed E-state index contributed by atoms with van der Waals surface area (Å²) in [5.74, 6) is 0.777. The van der Waals surface area contributed by atoms with Gasteiger partial charge in [-0.3, -0.25) is 4.99 Å². The molecule has 2 nitrogen and oxygen atoms in total. The van der Waals surface area contributed by atoms with E-state index in [1.807, 2.05) is 0 Å². The SMILES string of the molecule is C1=CC2=C(CC1)c1ccc(-c3cccc(-c4cccc(C5=NC(c6ccccc6)CC(c6ccccc6)=N5)c4)c3)cc1C2(c1ccccc1)c1ccccc1. The quantitative estimate of drug-likeness (QED) is 0.158. The number of hydrogen-bond acceptors (Lipinski definition) is 2. The molecule has 0 N–H and O–H groups in total. The summed E-state index contributed by atoms with van der Waals surface area (Å²) in [5.41, 5.74) is 17.0. The van der Waals surface area contributed by atoms with Crippen molar-refractivity contribution in [3.63, 3.8) is 0 Å². The molecule has 2 aliphatic carbocycles. The van der Waals surface area contributed by atoms with E-state index < -0.39 is 0 Å². The van der Waals surface area contributed by atoms with Crippen LogP contribution < -0.4 is 0 Å². The van der Waals surface area contributed by atoms with Crippen LogP contribution in [0.15, 0.2) is 216 Å². The molecule has 55 heavy (non-hydrogen) atoms. The normalized spacial score (nSPS) is 16.9. The van der Waals surface area contributed by atoms with Gasteiger partial charge in [-0.05, 0) is 97.8 Å². The Labute approximate surface area is 323 Å². The molecule has 0 amide bonds. The predicted molar refractivity (Wildman–Crippen MR) is 229 cm³/mol. The molecule has 7 aromatic rings. The van der Waals surface area contributed by atoms with E-state index in [9.17, 15) is 0 Å². The minimum absolute atomic E-state index is 0.00485. The topological polar surface area (TPSA) is 24.7 Å². The minimum atomic E-state index is -0.385. The number of aliphatic imine (C=N–C) groups is 2. The van der Waals surface area contributed by atoms with Gasteiger partial charge in [-0.15, -0.1) is 0 Å². The number of amidine groups is 1. The van der Waals surface area contributed by atoms with Gasteiger partial charge in [0.05, 0.1) is 17.2 Å². The largest absolute Gasteiger partial charge is 0.258 e. The third-order valence-corrected chi connectivity index (χ3v) is 11.6. The molecular formula is C53H40N2. The highest BCUT2D eigenvalue weighted by molar-refractivity contribution is 6.14. The fraction of sp³-hybridized carbons (Fsp3) is 0.0943. The zero-order valence-corrected chi connectivity index (χ0v) is 30.6. The van der Waals surface area contributed by atoms with E-state index in [1.54, 1.807) is 0 Å². The van der Waals surface area contributed by atoms with Crippen molar-refractivity contribution in [1.82, 2.24) is 0 Å². The first kappa shape index (κ1) is 33.0.